The third kappa shape index (κ3) is 2.17. The smallest absolute Gasteiger partial charge is 0.0456 e. The van der Waals surface area contributed by atoms with Crippen LogP contribution >= 0.6 is 0 Å². The van der Waals surface area contributed by atoms with E-state index < -0.39 is 0 Å². The van der Waals surface area contributed by atoms with E-state index in [-0.39, 0.29) is 5.41 Å². The van der Waals surface area contributed by atoms with Gasteiger partial charge in [-0.25, -0.2) is 0 Å². The molecule has 0 amide bonds. The Kier molecular flexibility index (Phi) is 4.07. The first-order valence-corrected chi connectivity index (χ1v) is 7.04. The minimum atomic E-state index is 0.144. The quantitative estimate of drug-likeness (QED) is 0.793. The van der Waals surface area contributed by atoms with Crippen molar-refractivity contribution < 1.29 is 0 Å². The molecule has 0 unspecified atom stereocenters. The fraction of sp³-hybridized carbons (Fsp3) is 0.500. The molecule has 98 valence electrons. The van der Waals surface area contributed by atoms with E-state index in [1.807, 2.05) is 6.20 Å². The zero-order chi connectivity index (χ0) is 13.0. The summed E-state index contributed by atoms with van der Waals surface area (Å²) in [4.78, 5) is 3.30. The van der Waals surface area contributed by atoms with Crippen molar-refractivity contribution >= 4 is 10.9 Å². The van der Waals surface area contributed by atoms with E-state index >= 15 is 0 Å². The second-order valence-corrected chi connectivity index (χ2v) is 5.23. The summed E-state index contributed by atoms with van der Waals surface area (Å²) in [6, 6.07) is 8.72. The molecule has 0 saturated carbocycles. The van der Waals surface area contributed by atoms with Crippen molar-refractivity contribution in [3.63, 3.8) is 0 Å². The van der Waals surface area contributed by atoms with Gasteiger partial charge < -0.3 is 10.7 Å². The Morgan fingerprint density at radius 1 is 1.11 bits per heavy atom. The Bertz CT molecular complexity index is 493. The molecule has 1 heterocycles. The van der Waals surface area contributed by atoms with Crippen LogP contribution in [0.15, 0.2) is 30.5 Å². The van der Waals surface area contributed by atoms with Crippen LogP contribution in [-0.2, 0) is 5.41 Å². The second-order valence-electron chi connectivity index (χ2n) is 5.23. The molecule has 0 aliphatic heterocycles. The van der Waals surface area contributed by atoms with Crippen molar-refractivity contribution in [1.82, 2.24) is 4.98 Å². The Labute approximate surface area is 110 Å². The van der Waals surface area contributed by atoms with Gasteiger partial charge in [-0.1, -0.05) is 38.8 Å². The molecule has 0 aliphatic carbocycles. The molecule has 0 saturated heterocycles. The molecule has 2 nitrogen and oxygen atoms in total. The van der Waals surface area contributed by atoms with Crippen molar-refractivity contribution in [2.24, 2.45) is 5.73 Å². The van der Waals surface area contributed by atoms with E-state index in [0.29, 0.717) is 0 Å². The first-order chi connectivity index (χ1) is 8.77. The molecule has 2 rings (SSSR count). The SMILES string of the molecule is CCCC(CN)(CCC)c1cccc2[nH]ccc12. The normalized spacial score (nSPS) is 12.2. The molecule has 1 aromatic heterocycles. The van der Waals surface area contributed by atoms with E-state index in [9.17, 15) is 0 Å². The average Bonchev–Trinajstić information content (AvgIpc) is 2.86. The molecule has 18 heavy (non-hydrogen) atoms. The van der Waals surface area contributed by atoms with Crippen LogP contribution in [0, 0.1) is 0 Å². The van der Waals surface area contributed by atoms with E-state index in [4.69, 9.17) is 5.73 Å². The van der Waals surface area contributed by atoms with Crippen LogP contribution in [0.4, 0.5) is 0 Å². The Morgan fingerprint density at radius 3 is 2.44 bits per heavy atom. The Morgan fingerprint density at radius 2 is 1.83 bits per heavy atom. The maximum atomic E-state index is 6.16. The molecule has 3 N–H and O–H groups in total. The average molecular weight is 244 g/mol. The summed E-state index contributed by atoms with van der Waals surface area (Å²) >= 11 is 0. The number of fused-ring (bicyclic) bond motifs is 1. The van der Waals surface area contributed by atoms with Crippen molar-refractivity contribution in [3.05, 3.63) is 36.0 Å². The predicted octanol–water partition coefficient (Wildman–Crippen LogP) is 3.96. The van der Waals surface area contributed by atoms with E-state index in [1.54, 1.807) is 0 Å². The first kappa shape index (κ1) is 13.2. The lowest BCUT2D eigenvalue weighted by atomic mass is 9.72. The number of H-pyrrole nitrogens is 1. The summed E-state index contributed by atoms with van der Waals surface area (Å²) in [5.74, 6) is 0. The fourth-order valence-electron chi connectivity index (χ4n) is 3.21. The summed E-state index contributed by atoms with van der Waals surface area (Å²) in [5, 5.41) is 1.34. The number of rotatable bonds is 6. The number of aromatic amines is 1. The van der Waals surface area contributed by atoms with Crippen LogP contribution in [0.1, 0.15) is 45.1 Å². The molecule has 0 bridgehead atoms. The Balaban J connectivity index is 2.55. The molecule has 0 spiro atoms. The van der Waals surface area contributed by atoms with Gasteiger partial charge in [0.25, 0.3) is 0 Å². The lowest BCUT2D eigenvalue weighted by molar-refractivity contribution is 0.368. The second kappa shape index (κ2) is 5.57. The molecule has 0 fully saturated rings. The summed E-state index contributed by atoms with van der Waals surface area (Å²) in [6.45, 7) is 5.23. The number of aromatic nitrogens is 1. The third-order valence-corrected chi connectivity index (χ3v) is 4.01. The molecule has 0 atom stereocenters. The van der Waals surface area contributed by atoms with E-state index in [1.165, 1.54) is 42.1 Å². The molecule has 1 aromatic carbocycles. The van der Waals surface area contributed by atoms with Gasteiger partial charge in [0.15, 0.2) is 0 Å². The molecule has 0 radical (unpaired) electrons. The van der Waals surface area contributed by atoms with Crippen LogP contribution < -0.4 is 5.73 Å². The van der Waals surface area contributed by atoms with Gasteiger partial charge in [-0.15, -0.1) is 0 Å². The standard InChI is InChI=1S/C16H24N2/c1-3-9-16(12-17,10-4-2)14-6-5-7-15-13(14)8-11-18-15/h5-8,11,18H,3-4,9-10,12,17H2,1-2H3. The zero-order valence-corrected chi connectivity index (χ0v) is 11.5. The van der Waals surface area contributed by atoms with Crippen LogP contribution in [0.5, 0.6) is 0 Å². The highest BCUT2D eigenvalue weighted by molar-refractivity contribution is 5.84. The van der Waals surface area contributed by atoms with Gasteiger partial charge in [-0.3, -0.25) is 0 Å². The highest BCUT2D eigenvalue weighted by atomic mass is 14.7. The number of benzene rings is 1. The molecular weight excluding hydrogens is 220 g/mol. The van der Waals surface area contributed by atoms with E-state index in [0.717, 1.165) is 6.54 Å². The molecule has 2 heteroatoms. The first-order valence-electron chi connectivity index (χ1n) is 7.04. The summed E-state index contributed by atoms with van der Waals surface area (Å²) in [7, 11) is 0. The fourth-order valence-corrected chi connectivity index (χ4v) is 3.21. The number of nitrogens with one attached hydrogen (secondary N) is 1. The lowest BCUT2D eigenvalue weighted by Gasteiger charge is -2.33. The van der Waals surface area contributed by atoms with Crippen molar-refractivity contribution in [3.8, 4) is 0 Å². The van der Waals surface area contributed by atoms with E-state index in [2.05, 4.69) is 43.1 Å². The summed E-state index contributed by atoms with van der Waals surface area (Å²) < 4.78 is 0. The zero-order valence-electron chi connectivity index (χ0n) is 11.5. The maximum absolute atomic E-state index is 6.16. The number of hydrogen-bond acceptors (Lipinski definition) is 1. The Hall–Kier alpha value is -1.28. The lowest BCUT2D eigenvalue weighted by Crippen LogP contribution is -2.35. The predicted molar refractivity (Wildman–Crippen MR) is 78.8 cm³/mol. The topological polar surface area (TPSA) is 41.8 Å². The summed E-state index contributed by atoms with van der Waals surface area (Å²) in [5.41, 5.74) is 8.95. The largest absolute Gasteiger partial charge is 0.361 e. The highest BCUT2D eigenvalue weighted by Crippen LogP contribution is 2.37. The van der Waals surface area contributed by atoms with Crippen molar-refractivity contribution in [2.75, 3.05) is 6.54 Å². The van der Waals surface area contributed by atoms with Gasteiger partial charge in [-0.05, 0) is 30.5 Å². The van der Waals surface area contributed by atoms with Gasteiger partial charge in [0.2, 0.25) is 0 Å². The highest BCUT2D eigenvalue weighted by Gasteiger charge is 2.30. The van der Waals surface area contributed by atoms with Crippen LogP contribution in [0.3, 0.4) is 0 Å². The van der Waals surface area contributed by atoms with Gasteiger partial charge in [-0.2, -0.15) is 0 Å². The monoisotopic (exact) mass is 244 g/mol. The molecule has 0 aliphatic rings. The van der Waals surface area contributed by atoms with Crippen molar-refractivity contribution in [2.45, 2.75) is 44.9 Å². The number of hydrogen-bond donors (Lipinski definition) is 2. The van der Waals surface area contributed by atoms with Crippen molar-refractivity contribution in [1.29, 1.82) is 0 Å². The van der Waals surface area contributed by atoms with Crippen LogP contribution in [-0.4, -0.2) is 11.5 Å². The summed E-state index contributed by atoms with van der Waals surface area (Å²) in [6.07, 6.45) is 6.71. The number of nitrogens with two attached hydrogens (primary N) is 1. The minimum absolute atomic E-state index is 0.144. The van der Waals surface area contributed by atoms with Crippen LogP contribution in [0.25, 0.3) is 10.9 Å². The molecular formula is C16H24N2. The molecule has 2 aromatic rings. The van der Waals surface area contributed by atoms with Gasteiger partial charge in [0.05, 0.1) is 0 Å². The van der Waals surface area contributed by atoms with Gasteiger partial charge in [0, 0.05) is 29.1 Å². The van der Waals surface area contributed by atoms with Crippen LogP contribution in [0.2, 0.25) is 0 Å². The third-order valence-electron chi connectivity index (χ3n) is 4.01. The van der Waals surface area contributed by atoms with Gasteiger partial charge in [0.1, 0.15) is 0 Å². The van der Waals surface area contributed by atoms with Gasteiger partial charge >= 0.3 is 0 Å². The minimum Gasteiger partial charge on any atom is -0.361 e. The maximum Gasteiger partial charge on any atom is 0.0456 e.